The molecule has 2 heterocycles. The first kappa shape index (κ1) is 25.0. The maximum atomic E-state index is 12.0. The highest BCUT2D eigenvalue weighted by atomic mass is 16.5. The molecule has 1 saturated heterocycles. The van der Waals surface area contributed by atoms with Gasteiger partial charge in [0.1, 0.15) is 5.82 Å². The minimum atomic E-state index is -0.401. The fraction of sp³-hybridized carbons (Fsp3) is 0.321. The maximum Gasteiger partial charge on any atom is 0.309 e. The SMILES string of the molecule is CCOC(=O)C1CCN(c2ccc(Nc3cc(NCc4ccccc4)c(CC(N)=O)cn3)cc2)CC1. The number of primary amides is 1. The number of ether oxygens (including phenoxy) is 1. The fourth-order valence-corrected chi connectivity index (χ4v) is 4.38. The number of carbonyl (C=O) groups is 2. The highest BCUT2D eigenvalue weighted by molar-refractivity contribution is 5.79. The van der Waals surface area contributed by atoms with Crippen LogP contribution < -0.4 is 21.3 Å². The first-order valence-corrected chi connectivity index (χ1v) is 12.4. The Morgan fingerprint density at radius 2 is 1.81 bits per heavy atom. The maximum absolute atomic E-state index is 12.0. The second-order valence-corrected chi connectivity index (χ2v) is 8.89. The molecular weight excluding hydrogens is 454 g/mol. The molecule has 8 heteroatoms. The normalized spacial score (nSPS) is 13.8. The number of benzene rings is 2. The van der Waals surface area contributed by atoms with E-state index in [4.69, 9.17) is 10.5 Å². The quantitative estimate of drug-likeness (QED) is 0.367. The molecule has 0 unspecified atom stereocenters. The van der Waals surface area contributed by atoms with Crippen molar-refractivity contribution in [2.45, 2.75) is 32.7 Å². The molecule has 0 aliphatic carbocycles. The van der Waals surface area contributed by atoms with Crippen molar-refractivity contribution in [3.8, 4) is 0 Å². The largest absolute Gasteiger partial charge is 0.466 e. The Labute approximate surface area is 211 Å². The van der Waals surface area contributed by atoms with Crippen LogP contribution in [-0.4, -0.2) is 36.6 Å². The monoisotopic (exact) mass is 487 g/mol. The van der Waals surface area contributed by atoms with Crippen molar-refractivity contribution in [1.82, 2.24) is 4.98 Å². The van der Waals surface area contributed by atoms with Crippen LogP contribution in [0.25, 0.3) is 0 Å². The lowest BCUT2D eigenvalue weighted by Gasteiger charge is -2.32. The van der Waals surface area contributed by atoms with Crippen LogP contribution in [0.4, 0.5) is 22.9 Å². The van der Waals surface area contributed by atoms with E-state index in [1.165, 1.54) is 0 Å². The summed E-state index contributed by atoms with van der Waals surface area (Å²) in [6.07, 6.45) is 3.41. The van der Waals surface area contributed by atoms with Crippen LogP contribution in [-0.2, 0) is 27.3 Å². The number of rotatable bonds is 10. The summed E-state index contributed by atoms with van der Waals surface area (Å²) in [5.74, 6) is 0.183. The molecule has 1 aliphatic heterocycles. The van der Waals surface area contributed by atoms with Gasteiger partial charge in [0.05, 0.1) is 18.9 Å². The molecule has 4 N–H and O–H groups in total. The number of nitrogens with one attached hydrogen (secondary N) is 2. The summed E-state index contributed by atoms with van der Waals surface area (Å²) in [6.45, 7) is 4.55. The highest BCUT2D eigenvalue weighted by Gasteiger charge is 2.26. The van der Waals surface area contributed by atoms with Gasteiger partial charge in [0.2, 0.25) is 5.91 Å². The van der Waals surface area contributed by atoms with Gasteiger partial charge in [-0.25, -0.2) is 4.98 Å². The van der Waals surface area contributed by atoms with E-state index < -0.39 is 5.91 Å². The van der Waals surface area contributed by atoms with E-state index >= 15 is 0 Å². The Bertz CT molecular complexity index is 1160. The van der Waals surface area contributed by atoms with Crippen LogP contribution in [0.15, 0.2) is 66.9 Å². The molecule has 36 heavy (non-hydrogen) atoms. The smallest absolute Gasteiger partial charge is 0.309 e. The van der Waals surface area contributed by atoms with Crippen molar-refractivity contribution in [1.29, 1.82) is 0 Å². The topological polar surface area (TPSA) is 110 Å². The Kier molecular flexibility index (Phi) is 8.39. The van der Waals surface area contributed by atoms with Gasteiger partial charge in [-0.2, -0.15) is 0 Å². The third-order valence-electron chi connectivity index (χ3n) is 6.30. The molecule has 1 amide bonds. The van der Waals surface area contributed by atoms with Gasteiger partial charge in [0.15, 0.2) is 0 Å². The van der Waals surface area contributed by atoms with Crippen molar-refractivity contribution in [3.63, 3.8) is 0 Å². The summed E-state index contributed by atoms with van der Waals surface area (Å²) in [7, 11) is 0. The molecule has 8 nitrogen and oxygen atoms in total. The molecule has 0 saturated carbocycles. The zero-order valence-electron chi connectivity index (χ0n) is 20.6. The molecule has 188 valence electrons. The van der Waals surface area contributed by atoms with Crippen molar-refractivity contribution >= 4 is 34.8 Å². The van der Waals surface area contributed by atoms with Crippen molar-refractivity contribution in [3.05, 3.63) is 78.0 Å². The van der Waals surface area contributed by atoms with E-state index in [0.717, 1.165) is 54.1 Å². The third-order valence-corrected chi connectivity index (χ3v) is 6.30. The Morgan fingerprint density at radius 3 is 2.47 bits per heavy atom. The number of piperidine rings is 1. The second-order valence-electron chi connectivity index (χ2n) is 8.89. The molecule has 0 spiro atoms. The van der Waals surface area contributed by atoms with Gasteiger partial charge in [0.25, 0.3) is 0 Å². The summed E-state index contributed by atoms with van der Waals surface area (Å²) >= 11 is 0. The van der Waals surface area contributed by atoms with Gasteiger partial charge >= 0.3 is 5.97 Å². The van der Waals surface area contributed by atoms with Crippen molar-refractivity contribution in [2.75, 3.05) is 35.2 Å². The molecule has 1 aliphatic rings. The predicted octanol–water partition coefficient (Wildman–Crippen LogP) is 4.24. The lowest BCUT2D eigenvalue weighted by molar-refractivity contribution is -0.148. The molecular formula is C28H33N5O3. The Balaban J connectivity index is 1.39. The van der Waals surface area contributed by atoms with Crippen LogP contribution in [0, 0.1) is 5.92 Å². The predicted molar refractivity (Wildman–Crippen MR) is 142 cm³/mol. The summed E-state index contributed by atoms with van der Waals surface area (Å²) in [5.41, 5.74) is 10.2. The van der Waals surface area contributed by atoms with E-state index in [1.807, 2.05) is 55.5 Å². The molecule has 4 rings (SSSR count). The van der Waals surface area contributed by atoms with E-state index in [-0.39, 0.29) is 18.3 Å². The average Bonchev–Trinajstić information content (AvgIpc) is 2.90. The van der Waals surface area contributed by atoms with Crippen LogP contribution in [0.2, 0.25) is 0 Å². The van der Waals surface area contributed by atoms with Crippen LogP contribution in [0.1, 0.15) is 30.9 Å². The Morgan fingerprint density at radius 1 is 1.08 bits per heavy atom. The molecule has 3 aromatic rings. The Hall–Kier alpha value is -4.07. The van der Waals surface area contributed by atoms with E-state index in [2.05, 4.69) is 32.7 Å². The van der Waals surface area contributed by atoms with Gasteiger partial charge in [-0.3, -0.25) is 9.59 Å². The minimum Gasteiger partial charge on any atom is -0.466 e. The van der Waals surface area contributed by atoms with Crippen molar-refractivity contribution in [2.24, 2.45) is 11.7 Å². The lowest BCUT2D eigenvalue weighted by atomic mass is 9.96. The number of nitrogens with two attached hydrogens (primary N) is 1. The zero-order chi connectivity index (χ0) is 25.3. The molecule has 2 aromatic carbocycles. The number of pyridine rings is 1. The lowest BCUT2D eigenvalue weighted by Crippen LogP contribution is -2.36. The number of aromatic nitrogens is 1. The summed E-state index contributed by atoms with van der Waals surface area (Å²) in [6, 6.07) is 20.1. The van der Waals surface area contributed by atoms with E-state index in [1.54, 1.807) is 6.20 Å². The number of amides is 1. The first-order chi connectivity index (χ1) is 17.5. The first-order valence-electron chi connectivity index (χ1n) is 12.4. The van der Waals surface area contributed by atoms with Crippen LogP contribution in [0.5, 0.6) is 0 Å². The molecule has 1 fully saturated rings. The summed E-state index contributed by atoms with van der Waals surface area (Å²) in [5, 5.41) is 6.75. The van der Waals surface area contributed by atoms with Gasteiger partial charge < -0.3 is 26.0 Å². The standard InChI is InChI=1S/C28H33N5O3/c1-2-36-28(35)21-12-14-33(15-13-21)24-10-8-23(9-11-24)32-27-17-25(22(19-31-27)16-26(29)34)30-18-20-6-4-3-5-7-20/h3-11,17,19,21H,2,12-16,18H2,1H3,(H2,29,34)(H2,30,31,32). The van der Waals surface area contributed by atoms with E-state index in [0.29, 0.717) is 19.0 Å². The van der Waals surface area contributed by atoms with Gasteiger partial charge in [-0.1, -0.05) is 30.3 Å². The summed E-state index contributed by atoms with van der Waals surface area (Å²) in [4.78, 5) is 30.3. The number of esters is 1. The number of nitrogens with zero attached hydrogens (tertiary/aromatic N) is 2. The molecule has 0 radical (unpaired) electrons. The highest BCUT2D eigenvalue weighted by Crippen LogP contribution is 2.27. The molecule has 0 atom stereocenters. The molecule has 0 bridgehead atoms. The minimum absolute atomic E-state index is 0.00422. The average molecular weight is 488 g/mol. The zero-order valence-corrected chi connectivity index (χ0v) is 20.6. The van der Waals surface area contributed by atoms with Gasteiger partial charge in [0, 0.05) is 54.5 Å². The number of hydrogen-bond acceptors (Lipinski definition) is 7. The van der Waals surface area contributed by atoms with Crippen LogP contribution in [0.3, 0.4) is 0 Å². The third kappa shape index (κ3) is 6.75. The summed E-state index contributed by atoms with van der Waals surface area (Å²) < 4.78 is 5.17. The fourth-order valence-electron chi connectivity index (χ4n) is 4.38. The second kappa shape index (κ2) is 12.1. The van der Waals surface area contributed by atoms with Crippen molar-refractivity contribution < 1.29 is 14.3 Å². The number of carbonyl (C=O) groups excluding carboxylic acids is 2. The molecule has 1 aromatic heterocycles. The number of hydrogen-bond donors (Lipinski definition) is 3. The van der Waals surface area contributed by atoms with Gasteiger partial charge in [-0.05, 0) is 49.6 Å². The van der Waals surface area contributed by atoms with Gasteiger partial charge in [-0.15, -0.1) is 0 Å². The number of anilines is 4. The van der Waals surface area contributed by atoms with Crippen LogP contribution >= 0.6 is 0 Å². The van der Waals surface area contributed by atoms with E-state index in [9.17, 15) is 9.59 Å².